The van der Waals surface area contributed by atoms with Crippen LogP contribution in [0.1, 0.15) is 0 Å². The molecular formula is C21H14N2. The third-order valence-electron chi connectivity index (χ3n) is 4.40. The molecule has 0 aliphatic rings. The lowest BCUT2D eigenvalue weighted by Crippen LogP contribution is -1.92. The lowest BCUT2D eigenvalue weighted by atomic mass is 10.1. The maximum Gasteiger partial charge on any atom is 0.0731 e. The molecule has 0 bridgehead atoms. The number of hydrogen-bond acceptors (Lipinski definition) is 1. The minimum absolute atomic E-state index is 1.01. The zero-order valence-corrected chi connectivity index (χ0v) is 12.5. The van der Waals surface area contributed by atoms with E-state index in [4.69, 9.17) is 4.98 Å². The molecular weight excluding hydrogens is 280 g/mol. The summed E-state index contributed by atoms with van der Waals surface area (Å²) in [5.41, 5.74) is 5.61. The average molecular weight is 294 g/mol. The van der Waals surface area contributed by atoms with E-state index < -0.39 is 0 Å². The lowest BCUT2D eigenvalue weighted by Gasteiger charge is -2.10. The second-order valence-electron chi connectivity index (χ2n) is 5.77. The molecule has 0 aliphatic carbocycles. The van der Waals surface area contributed by atoms with Gasteiger partial charge < -0.3 is 4.40 Å². The quantitative estimate of drug-likeness (QED) is 0.409. The molecule has 108 valence electrons. The monoisotopic (exact) mass is 294 g/mol. The molecule has 0 unspecified atom stereocenters. The van der Waals surface area contributed by atoms with Crippen LogP contribution in [-0.4, -0.2) is 9.38 Å². The molecule has 0 amide bonds. The van der Waals surface area contributed by atoms with Crippen molar-refractivity contribution in [3.63, 3.8) is 0 Å². The van der Waals surface area contributed by atoms with Gasteiger partial charge in [-0.15, -0.1) is 0 Å². The molecule has 2 nitrogen and oxygen atoms in total. The lowest BCUT2D eigenvalue weighted by molar-refractivity contribution is 1.27. The van der Waals surface area contributed by atoms with Crippen molar-refractivity contribution >= 4 is 27.3 Å². The van der Waals surface area contributed by atoms with E-state index in [-0.39, 0.29) is 0 Å². The summed E-state index contributed by atoms with van der Waals surface area (Å²) in [4.78, 5) is 4.87. The summed E-state index contributed by atoms with van der Waals surface area (Å²) in [6, 6.07) is 27.4. The van der Waals surface area contributed by atoms with Crippen molar-refractivity contribution in [1.29, 1.82) is 0 Å². The van der Waals surface area contributed by atoms with Gasteiger partial charge >= 0.3 is 0 Å². The summed E-state index contributed by atoms with van der Waals surface area (Å²) in [6.07, 6.45) is 2.11. The Hall–Kier alpha value is -3.13. The van der Waals surface area contributed by atoms with E-state index in [1.54, 1.807) is 0 Å². The number of benzene rings is 2. The van der Waals surface area contributed by atoms with Crippen LogP contribution in [0.15, 0.2) is 85.1 Å². The number of fused-ring (bicyclic) bond motifs is 4. The first kappa shape index (κ1) is 12.4. The van der Waals surface area contributed by atoms with Crippen LogP contribution < -0.4 is 0 Å². The van der Waals surface area contributed by atoms with Crippen LogP contribution in [0.5, 0.6) is 0 Å². The molecule has 0 fully saturated rings. The zero-order chi connectivity index (χ0) is 15.2. The van der Waals surface area contributed by atoms with Gasteiger partial charge in [-0.25, -0.2) is 4.98 Å². The molecule has 0 saturated carbocycles. The summed E-state index contributed by atoms with van der Waals surface area (Å²) in [5, 5.41) is 2.39. The highest BCUT2D eigenvalue weighted by Crippen LogP contribution is 2.30. The molecule has 3 heterocycles. The van der Waals surface area contributed by atoms with Crippen LogP contribution in [0.3, 0.4) is 0 Å². The molecule has 0 spiro atoms. The summed E-state index contributed by atoms with van der Waals surface area (Å²) in [6.45, 7) is 0. The molecule has 0 atom stereocenters. The molecule has 23 heavy (non-hydrogen) atoms. The molecule has 0 aliphatic heterocycles. The molecule has 0 saturated heterocycles. The predicted molar refractivity (Wildman–Crippen MR) is 95.6 cm³/mol. The van der Waals surface area contributed by atoms with Gasteiger partial charge in [0.2, 0.25) is 0 Å². The fraction of sp³-hybridized carbons (Fsp3) is 0. The highest BCUT2D eigenvalue weighted by atomic mass is 14.9. The molecule has 2 heteroatoms. The Balaban J connectivity index is 1.87. The Bertz CT molecular complexity index is 1170. The van der Waals surface area contributed by atoms with Crippen LogP contribution in [0.25, 0.3) is 38.6 Å². The molecule has 3 aromatic heterocycles. The van der Waals surface area contributed by atoms with Crippen molar-refractivity contribution in [2.45, 2.75) is 0 Å². The number of nitrogens with zero attached hydrogens (tertiary/aromatic N) is 2. The minimum Gasteiger partial charge on any atom is -0.316 e. The van der Waals surface area contributed by atoms with Crippen LogP contribution in [0.4, 0.5) is 0 Å². The van der Waals surface area contributed by atoms with Crippen molar-refractivity contribution in [3.05, 3.63) is 85.1 Å². The van der Waals surface area contributed by atoms with E-state index in [9.17, 15) is 0 Å². The van der Waals surface area contributed by atoms with Gasteiger partial charge in [0.05, 0.1) is 22.2 Å². The Morgan fingerprint density at radius 2 is 1.43 bits per heavy atom. The van der Waals surface area contributed by atoms with E-state index in [1.165, 1.54) is 27.4 Å². The summed E-state index contributed by atoms with van der Waals surface area (Å²) in [7, 11) is 0. The first-order valence-electron chi connectivity index (χ1n) is 7.75. The Kier molecular flexibility index (Phi) is 2.53. The standard InChI is InChI=1S/C21H14N2/c1-3-8-18-15(6-1)11-12-19(22-18)17-14-16-7-2-4-9-20(16)23-13-5-10-21(17)23/h1-14H. The molecule has 5 aromatic rings. The van der Waals surface area contributed by atoms with Crippen molar-refractivity contribution in [1.82, 2.24) is 9.38 Å². The predicted octanol–water partition coefficient (Wildman–Crippen LogP) is 5.31. The van der Waals surface area contributed by atoms with Crippen LogP contribution in [-0.2, 0) is 0 Å². The first-order valence-corrected chi connectivity index (χ1v) is 7.75. The van der Waals surface area contributed by atoms with Crippen LogP contribution in [0, 0.1) is 0 Å². The second-order valence-corrected chi connectivity index (χ2v) is 5.77. The number of rotatable bonds is 1. The first-order chi connectivity index (χ1) is 11.4. The van der Waals surface area contributed by atoms with Gasteiger partial charge in [0.1, 0.15) is 0 Å². The normalized spacial score (nSPS) is 11.5. The molecule has 0 N–H and O–H groups in total. The SMILES string of the molecule is c1ccc2nc(-c3cc4ccccc4n4cccc34)ccc2c1. The molecule has 0 radical (unpaired) electrons. The summed E-state index contributed by atoms with van der Waals surface area (Å²) >= 11 is 0. The number of pyridine rings is 2. The third-order valence-corrected chi connectivity index (χ3v) is 4.40. The number of hydrogen-bond donors (Lipinski definition) is 0. The van der Waals surface area contributed by atoms with E-state index in [0.29, 0.717) is 0 Å². The second kappa shape index (κ2) is 4.68. The van der Waals surface area contributed by atoms with Crippen molar-refractivity contribution in [2.75, 3.05) is 0 Å². The Morgan fingerprint density at radius 1 is 0.652 bits per heavy atom. The highest BCUT2D eigenvalue weighted by molar-refractivity contribution is 5.93. The van der Waals surface area contributed by atoms with Gasteiger partial charge in [-0.3, -0.25) is 0 Å². The van der Waals surface area contributed by atoms with Gasteiger partial charge in [0, 0.05) is 17.1 Å². The van der Waals surface area contributed by atoms with Crippen LogP contribution >= 0.6 is 0 Å². The Morgan fingerprint density at radius 3 is 2.39 bits per heavy atom. The smallest absolute Gasteiger partial charge is 0.0731 e. The van der Waals surface area contributed by atoms with Gasteiger partial charge in [0.15, 0.2) is 0 Å². The highest BCUT2D eigenvalue weighted by Gasteiger charge is 2.09. The average Bonchev–Trinajstić information content (AvgIpc) is 3.11. The van der Waals surface area contributed by atoms with Crippen molar-refractivity contribution in [3.8, 4) is 11.3 Å². The van der Waals surface area contributed by atoms with Crippen LogP contribution in [0.2, 0.25) is 0 Å². The summed E-state index contributed by atoms with van der Waals surface area (Å²) < 4.78 is 2.24. The van der Waals surface area contributed by atoms with E-state index in [0.717, 1.165) is 11.2 Å². The van der Waals surface area contributed by atoms with Gasteiger partial charge in [-0.05, 0) is 41.8 Å². The Labute approximate surface area is 133 Å². The minimum atomic E-state index is 1.01. The summed E-state index contributed by atoms with van der Waals surface area (Å²) in [5.74, 6) is 0. The molecule has 2 aromatic carbocycles. The number of aromatic nitrogens is 2. The van der Waals surface area contributed by atoms with E-state index in [1.807, 2.05) is 12.1 Å². The topological polar surface area (TPSA) is 17.3 Å². The van der Waals surface area contributed by atoms with Gasteiger partial charge in [-0.2, -0.15) is 0 Å². The van der Waals surface area contributed by atoms with E-state index in [2.05, 4.69) is 77.3 Å². The fourth-order valence-electron chi connectivity index (χ4n) is 3.29. The largest absolute Gasteiger partial charge is 0.316 e. The van der Waals surface area contributed by atoms with Gasteiger partial charge in [0.25, 0.3) is 0 Å². The van der Waals surface area contributed by atoms with E-state index >= 15 is 0 Å². The third kappa shape index (κ3) is 1.85. The van der Waals surface area contributed by atoms with Gasteiger partial charge in [-0.1, -0.05) is 42.5 Å². The van der Waals surface area contributed by atoms with Crippen molar-refractivity contribution in [2.24, 2.45) is 0 Å². The maximum atomic E-state index is 4.87. The van der Waals surface area contributed by atoms with Crippen molar-refractivity contribution < 1.29 is 0 Å². The molecule has 5 rings (SSSR count). The fourth-order valence-corrected chi connectivity index (χ4v) is 3.29. The maximum absolute atomic E-state index is 4.87. The number of para-hydroxylation sites is 2. The zero-order valence-electron chi connectivity index (χ0n) is 12.5.